The van der Waals surface area contributed by atoms with Crippen LogP contribution in [0.1, 0.15) is 37.9 Å². The third-order valence-corrected chi connectivity index (χ3v) is 3.54. The molecule has 1 aromatic carbocycles. The van der Waals surface area contributed by atoms with E-state index in [0.717, 1.165) is 12.1 Å². The molecule has 0 aliphatic carbocycles. The summed E-state index contributed by atoms with van der Waals surface area (Å²) in [6.45, 7) is 4.12. The quantitative estimate of drug-likeness (QED) is 0.905. The van der Waals surface area contributed by atoms with Gasteiger partial charge < -0.3 is 9.67 Å². The van der Waals surface area contributed by atoms with E-state index < -0.39 is 0 Å². The van der Waals surface area contributed by atoms with Gasteiger partial charge in [-0.3, -0.25) is 4.79 Å². The zero-order chi connectivity index (χ0) is 14.5. The number of aromatic nitrogens is 1. The minimum atomic E-state index is -0.322. The molecular formula is C17H21NO2. The SMILES string of the molecule is CCCCc1ccc(-n2ccc(=O)c(O)c2CC)cc1. The number of pyridine rings is 1. The molecule has 20 heavy (non-hydrogen) atoms. The lowest BCUT2D eigenvalue weighted by molar-refractivity contribution is 0.456. The summed E-state index contributed by atoms with van der Waals surface area (Å²) in [5.74, 6) is -0.148. The van der Waals surface area contributed by atoms with E-state index in [9.17, 15) is 9.90 Å². The Hall–Kier alpha value is -2.03. The fourth-order valence-corrected chi connectivity index (χ4v) is 2.35. The molecule has 0 fully saturated rings. The summed E-state index contributed by atoms with van der Waals surface area (Å²) >= 11 is 0. The highest BCUT2D eigenvalue weighted by Gasteiger charge is 2.09. The Balaban J connectivity index is 2.37. The predicted molar refractivity (Wildman–Crippen MR) is 81.7 cm³/mol. The molecule has 0 aliphatic heterocycles. The lowest BCUT2D eigenvalue weighted by Crippen LogP contribution is -2.10. The van der Waals surface area contributed by atoms with Crippen molar-refractivity contribution < 1.29 is 5.11 Å². The highest BCUT2D eigenvalue weighted by molar-refractivity contribution is 5.40. The van der Waals surface area contributed by atoms with Gasteiger partial charge >= 0.3 is 0 Å². The molecule has 3 nitrogen and oxygen atoms in total. The van der Waals surface area contributed by atoms with Crippen molar-refractivity contribution in [3.63, 3.8) is 0 Å². The monoisotopic (exact) mass is 271 g/mol. The molecule has 2 rings (SSSR count). The normalized spacial score (nSPS) is 10.7. The number of nitrogens with zero attached hydrogens (tertiary/aromatic N) is 1. The summed E-state index contributed by atoms with van der Waals surface area (Å²) in [5, 5.41) is 9.88. The molecule has 1 aromatic heterocycles. The van der Waals surface area contributed by atoms with Crippen LogP contribution in [0.15, 0.2) is 41.3 Å². The maximum atomic E-state index is 11.5. The van der Waals surface area contributed by atoms with E-state index in [1.54, 1.807) is 6.20 Å². The molecule has 0 spiro atoms. The van der Waals surface area contributed by atoms with E-state index >= 15 is 0 Å². The second-order valence-electron chi connectivity index (χ2n) is 4.97. The van der Waals surface area contributed by atoms with Gasteiger partial charge in [-0.05, 0) is 37.0 Å². The van der Waals surface area contributed by atoms with Crippen molar-refractivity contribution >= 4 is 0 Å². The largest absolute Gasteiger partial charge is 0.503 e. The van der Waals surface area contributed by atoms with Crippen molar-refractivity contribution in [2.45, 2.75) is 39.5 Å². The summed E-state index contributed by atoms with van der Waals surface area (Å²) < 4.78 is 1.88. The third kappa shape index (κ3) is 2.93. The average Bonchev–Trinajstić information content (AvgIpc) is 2.48. The molecule has 0 unspecified atom stereocenters. The topological polar surface area (TPSA) is 42.2 Å². The lowest BCUT2D eigenvalue weighted by Gasteiger charge is -2.14. The molecule has 0 atom stereocenters. The molecule has 3 heteroatoms. The van der Waals surface area contributed by atoms with Crippen molar-refractivity contribution in [3.8, 4) is 11.4 Å². The van der Waals surface area contributed by atoms with E-state index in [1.807, 2.05) is 23.6 Å². The molecule has 106 valence electrons. The van der Waals surface area contributed by atoms with Gasteiger partial charge in [0.05, 0.1) is 5.69 Å². The second-order valence-corrected chi connectivity index (χ2v) is 4.97. The Morgan fingerprint density at radius 3 is 2.40 bits per heavy atom. The molecular weight excluding hydrogens is 250 g/mol. The molecule has 0 aliphatic rings. The van der Waals surface area contributed by atoms with E-state index in [2.05, 4.69) is 19.1 Å². The summed E-state index contributed by atoms with van der Waals surface area (Å²) in [4.78, 5) is 11.5. The maximum absolute atomic E-state index is 11.5. The third-order valence-electron chi connectivity index (χ3n) is 3.54. The standard InChI is InChI=1S/C17H21NO2/c1-3-5-6-13-7-9-14(10-8-13)18-12-11-16(19)17(20)15(18)4-2/h7-12,20H,3-6H2,1-2H3. The van der Waals surface area contributed by atoms with Gasteiger partial charge in [0.25, 0.3) is 0 Å². The van der Waals surface area contributed by atoms with E-state index in [4.69, 9.17) is 0 Å². The van der Waals surface area contributed by atoms with Crippen LogP contribution in [0.5, 0.6) is 5.75 Å². The van der Waals surface area contributed by atoms with Gasteiger partial charge in [0.15, 0.2) is 5.75 Å². The highest BCUT2D eigenvalue weighted by atomic mass is 16.3. The first-order valence-electron chi connectivity index (χ1n) is 7.20. The molecule has 2 aromatic rings. The zero-order valence-electron chi connectivity index (χ0n) is 12.1. The van der Waals surface area contributed by atoms with Gasteiger partial charge in [-0.1, -0.05) is 32.4 Å². The van der Waals surface area contributed by atoms with Crippen molar-refractivity contribution in [3.05, 3.63) is 58.0 Å². The first-order chi connectivity index (χ1) is 9.67. The molecule has 1 heterocycles. The van der Waals surface area contributed by atoms with Gasteiger partial charge in [0, 0.05) is 18.0 Å². The molecule has 0 amide bonds. The van der Waals surface area contributed by atoms with Gasteiger partial charge in [-0.15, -0.1) is 0 Å². The number of unbranched alkanes of at least 4 members (excludes halogenated alkanes) is 1. The zero-order valence-corrected chi connectivity index (χ0v) is 12.1. The Labute approximate surface area is 119 Å². The van der Waals surface area contributed by atoms with Crippen LogP contribution in [-0.2, 0) is 12.8 Å². The van der Waals surface area contributed by atoms with Crippen molar-refractivity contribution in [2.24, 2.45) is 0 Å². The van der Waals surface area contributed by atoms with Gasteiger partial charge in [-0.2, -0.15) is 0 Å². The minimum Gasteiger partial charge on any atom is -0.503 e. The predicted octanol–water partition coefficient (Wildman–Crippen LogP) is 3.45. The molecule has 0 radical (unpaired) electrons. The second kappa shape index (κ2) is 6.42. The molecule has 0 saturated carbocycles. The first-order valence-corrected chi connectivity index (χ1v) is 7.20. The van der Waals surface area contributed by atoms with Gasteiger partial charge in [0.2, 0.25) is 5.43 Å². The number of aryl methyl sites for hydroxylation is 1. The lowest BCUT2D eigenvalue weighted by atomic mass is 10.1. The maximum Gasteiger partial charge on any atom is 0.223 e. The smallest absolute Gasteiger partial charge is 0.223 e. The highest BCUT2D eigenvalue weighted by Crippen LogP contribution is 2.18. The van der Waals surface area contributed by atoms with Gasteiger partial charge in [0.1, 0.15) is 0 Å². The first kappa shape index (κ1) is 14.4. The Kier molecular flexibility index (Phi) is 4.61. The number of benzene rings is 1. The number of hydrogen-bond donors (Lipinski definition) is 1. The van der Waals surface area contributed by atoms with Crippen LogP contribution in [0, 0.1) is 0 Å². The minimum absolute atomic E-state index is 0.148. The molecule has 0 bridgehead atoms. The van der Waals surface area contributed by atoms with Crippen LogP contribution in [0.2, 0.25) is 0 Å². The van der Waals surface area contributed by atoms with Crippen molar-refractivity contribution in [1.82, 2.24) is 4.57 Å². The summed E-state index contributed by atoms with van der Waals surface area (Å²) in [5.41, 5.74) is 2.62. The number of aromatic hydroxyl groups is 1. The summed E-state index contributed by atoms with van der Waals surface area (Å²) in [6, 6.07) is 9.70. The van der Waals surface area contributed by atoms with Crippen LogP contribution in [-0.4, -0.2) is 9.67 Å². The van der Waals surface area contributed by atoms with Crippen molar-refractivity contribution in [1.29, 1.82) is 0 Å². The summed E-state index contributed by atoms with van der Waals surface area (Å²) in [6.07, 6.45) is 5.81. The Morgan fingerprint density at radius 1 is 1.10 bits per heavy atom. The van der Waals surface area contributed by atoms with Crippen LogP contribution in [0.4, 0.5) is 0 Å². The van der Waals surface area contributed by atoms with Crippen LogP contribution >= 0.6 is 0 Å². The fraction of sp³-hybridized carbons (Fsp3) is 0.353. The van der Waals surface area contributed by atoms with Crippen LogP contribution < -0.4 is 5.43 Å². The van der Waals surface area contributed by atoms with E-state index in [1.165, 1.54) is 24.5 Å². The van der Waals surface area contributed by atoms with E-state index in [-0.39, 0.29) is 11.2 Å². The number of hydrogen-bond acceptors (Lipinski definition) is 2. The fourth-order valence-electron chi connectivity index (χ4n) is 2.35. The Morgan fingerprint density at radius 2 is 1.80 bits per heavy atom. The van der Waals surface area contributed by atoms with E-state index in [0.29, 0.717) is 12.1 Å². The number of rotatable bonds is 5. The van der Waals surface area contributed by atoms with Crippen LogP contribution in [0.25, 0.3) is 5.69 Å². The average molecular weight is 271 g/mol. The summed E-state index contributed by atoms with van der Waals surface area (Å²) in [7, 11) is 0. The van der Waals surface area contributed by atoms with Gasteiger partial charge in [-0.25, -0.2) is 0 Å². The molecule has 0 saturated heterocycles. The Bertz CT molecular complexity index is 626. The van der Waals surface area contributed by atoms with Crippen molar-refractivity contribution in [2.75, 3.05) is 0 Å². The van der Waals surface area contributed by atoms with Crippen LogP contribution in [0.3, 0.4) is 0 Å². The molecule has 1 N–H and O–H groups in total.